The van der Waals surface area contributed by atoms with Gasteiger partial charge in [-0.1, -0.05) is 11.3 Å². The maximum Gasteiger partial charge on any atom is 0.183 e. The smallest absolute Gasteiger partial charge is 0.183 e. The first-order chi connectivity index (χ1) is 10.1. The van der Waals surface area contributed by atoms with Crippen molar-refractivity contribution in [3.05, 3.63) is 18.2 Å². The molecule has 0 bridgehead atoms. The third kappa shape index (κ3) is 3.13. The number of hydrogen-bond donors (Lipinski definition) is 1. The van der Waals surface area contributed by atoms with Crippen LogP contribution in [0.3, 0.4) is 0 Å². The zero-order valence-electron chi connectivity index (χ0n) is 11.8. The SMILES string of the molecule is CCOc1ccc2nc(NCC3CCCS3(=O)=O)sc2c1. The monoisotopic (exact) mass is 326 g/mol. The minimum Gasteiger partial charge on any atom is -0.494 e. The Labute approximate surface area is 128 Å². The minimum absolute atomic E-state index is 0.275. The Hall–Kier alpha value is -1.34. The highest BCUT2D eigenvalue weighted by Gasteiger charge is 2.31. The molecule has 1 aromatic carbocycles. The Bertz CT molecular complexity index is 740. The van der Waals surface area contributed by atoms with Crippen molar-refractivity contribution in [3.8, 4) is 5.75 Å². The van der Waals surface area contributed by atoms with Crippen LogP contribution >= 0.6 is 11.3 Å². The summed E-state index contributed by atoms with van der Waals surface area (Å²) in [6.07, 6.45) is 1.51. The van der Waals surface area contributed by atoms with Crippen LogP contribution in [0.5, 0.6) is 5.75 Å². The lowest BCUT2D eigenvalue weighted by Crippen LogP contribution is -2.24. The highest BCUT2D eigenvalue weighted by atomic mass is 32.2. The van der Waals surface area contributed by atoms with E-state index in [1.165, 1.54) is 11.3 Å². The molecular formula is C14H18N2O3S2. The Morgan fingerprint density at radius 1 is 1.48 bits per heavy atom. The number of benzene rings is 1. The number of aromatic nitrogens is 1. The molecule has 1 aromatic heterocycles. The number of fused-ring (bicyclic) bond motifs is 1. The Morgan fingerprint density at radius 2 is 2.33 bits per heavy atom. The van der Waals surface area contributed by atoms with Crippen molar-refractivity contribution >= 4 is 36.5 Å². The molecule has 0 amide bonds. The standard InChI is InChI=1S/C14H18N2O3S2/c1-2-19-10-5-6-12-13(8-10)20-14(16-12)15-9-11-4-3-7-21(11,17)18/h5-6,8,11H,2-4,7,9H2,1H3,(H,15,16). The molecule has 0 spiro atoms. The van der Waals surface area contributed by atoms with E-state index in [9.17, 15) is 8.42 Å². The largest absolute Gasteiger partial charge is 0.494 e. The highest BCUT2D eigenvalue weighted by molar-refractivity contribution is 7.92. The molecule has 0 saturated carbocycles. The number of nitrogens with one attached hydrogen (secondary N) is 1. The van der Waals surface area contributed by atoms with Crippen molar-refractivity contribution < 1.29 is 13.2 Å². The molecule has 1 saturated heterocycles. The summed E-state index contributed by atoms with van der Waals surface area (Å²) >= 11 is 1.52. The first kappa shape index (κ1) is 14.6. The van der Waals surface area contributed by atoms with Gasteiger partial charge in [0.25, 0.3) is 0 Å². The zero-order valence-corrected chi connectivity index (χ0v) is 13.5. The van der Waals surface area contributed by atoms with Gasteiger partial charge in [0.05, 0.1) is 27.8 Å². The zero-order chi connectivity index (χ0) is 14.9. The molecule has 1 aliphatic rings. The summed E-state index contributed by atoms with van der Waals surface area (Å²) in [6, 6.07) is 5.79. The van der Waals surface area contributed by atoms with Gasteiger partial charge in [0.1, 0.15) is 5.75 Å². The van der Waals surface area contributed by atoms with Gasteiger partial charge in [-0.05, 0) is 38.0 Å². The summed E-state index contributed by atoms with van der Waals surface area (Å²) in [7, 11) is -2.91. The van der Waals surface area contributed by atoms with Gasteiger partial charge in [-0.25, -0.2) is 13.4 Å². The molecule has 1 N–H and O–H groups in total. The fourth-order valence-corrected chi connectivity index (χ4v) is 5.19. The topological polar surface area (TPSA) is 68.3 Å². The highest BCUT2D eigenvalue weighted by Crippen LogP contribution is 2.30. The molecule has 114 valence electrons. The molecule has 0 radical (unpaired) electrons. The fraction of sp³-hybridized carbons (Fsp3) is 0.500. The van der Waals surface area contributed by atoms with E-state index < -0.39 is 9.84 Å². The molecule has 5 nitrogen and oxygen atoms in total. The van der Waals surface area contributed by atoms with Gasteiger partial charge in [-0.2, -0.15) is 0 Å². The van der Waals surface area contributed by atoms with Crippen LogP contribution in [-0.4, -0.2) is 37.6 Å². The van der Waals surface area contributed by atoms with Crippen molar-refractivity contribution in [2.45, 2.75) is 25.0 Å². The van der Waals surface area contributed by atoms with E-state index in [2.05, 4.69) is 10.3 Å². The Morgan fingerprint density at radius 3 is 3.05 bits per heavy atom. The van der Waals surface area contributed by atoms with E-state index in [4.69, 9.17) is 4.74 Å². The summed E-state index contributed by atoms with van der Waals surface area (Å²) < 4.78 is 30.1. The van der Waals surface area contributed by atoms with Crippen LogP contribution in [0.15, 0.2) is 18.2 Å². The molecule has 1 aliphatic heterocycles. The van der Waals surface area contributed by atoms with Crippen LogP contribution < -0.4 is 10.1 Å². The Kier molecular flexibility index (Phi) is 4.03. The first-order valence-electron chi connectivity index (χ1n) is 7.07. The van der Waals surface area contributed by atoms with Gasteiger partial charge in [0, 0.05) is 6.54 Å². The molecule has 3 rings (SSSR count). The molecule has 21 heavy (non-hydrogen) atoms. The molecule has 1 atom stereocenters. The van der Waals surface area contributed by atoms with Crippen molar-refractivity contribution in [2.24, 2.45) is 0 Å². The van der Waals surface area contributed by atoms with E-state index in [0.717, 1.165) is 33.9 Å². The summed E-state index contributed by atoms with van der Waals surface area (Å²) in [5.74, 6) is 1.15. The van der Waals surface area contributed by atoms with Crippen molar-refractivity contribution in [2.75, 3.05) is 24.2 Å². The number of thiazole rings is 1. The van der Waals surface area contributed by atoms with E-state index in [1.54, 1.807) is 0 Å². The van der Waals surface area contributed by atoms with E-state index in [0.29, 0.717) is 18.9 Å². The summed E-state index contributed by atoms with van der Waals surface area (Å²) in [4.78, 5) is 4.48. The van der Waals surface area contributed by atoms with Crippen LogP contribution in [0.1, 0.15) is 19.8 Å². The van der Waals surface area contributed by atoms with Crippen LogP contribution in [0.25, 0.3) is 10.2 Å². The van der Waals surface area contributed by atoms with Crippen LogP contribution in [0, 0.1) is 0 Å². The Balaban J connectivity index is 1.72. The van der Waals surface area contributed by atoms with Gasteiger partial charge in [-0.3, -0.25) is 0 Å². The average molecular weight is 326 g/mol. The second-order valence-corrected chi connectivity index (χ2v) is 8.52. The van der Waals surface area contributed by atoms with Gasteiger partial charge >= 0.3 is 0 Å². The maximum atomic E-state index is 11.8. The molecule has 2 aromatic rings. The number of nitrogens with zero attached hydrogens (tertiary/aromatic N) is 1. The van der Waals surface area contributed by atoms with E-state index >= 15 is 0 Å². The lowest BCUT2D eigenvalue weighted by molar-refractivity contribution is 0.341. The molecule has 1 fully saturated rings. The summed E-state index contributed by atoms with van der Waals surface area (Å²) in [6.45, 7) is 3.03. The molecular weight excluding hydrogens is 308 g/mol. The predicted octanol–water partition coefficient (Wildman–Crippen LogP) is 2.68. The lowest BCUT2D eigenvalue weighted by Gasteiger charge is -2.09. The van der Waals surface area contributed by atoms with Crippen molar-refractivity contribution in [3.63, 3.8) is 0 Å². The van der Waals surface area contributed by atoms with Gasteiger partial charge in [-0.15, -0.1) is 0 Å². The van der Waals surface area contributed by atoms with Crippen molar-refractivity contribution in [1.29, 1.82) is 0 Å². The lowest BCUT2D eigenvalue weighted by atomic mass is 10.2. The van der Waals surface area contributed by atoms with Gasteiger partial charge < -0.3 is 10.1 Å². The molecule has 1 unspecified atom stereocenters. The second-order valence-electron chi connectivity index (χ2n) is 5.09. The third-order valence-electron chi connectivity index (χ3n) is 3.61. The van der Waals surface area contributed by atoms with Crippen LogP contribution in [0.2, 0.25) is 0 Å². The van der Waals surface area contributed by atoms with E-state index in [-0.39, 0.29) is 5.25 Å². The minimum atomic E-state index is -2.91. The summed E-state index contributed by atoms with van der Waals surface area (Å²) in [5.41, 5.74) is 0.903. The van der Waals surface area contributed by atoms with Crippen LogP contribution in [0.4, 0.5) is 5.13 Å². The maximum absolute atomic E-state index is 11.8. The quantitative estimate of drug-likeness (QED) is 0.915. The van der Waals surface area contributed by atoms with Gasteiger partial charge in [0.2, 0.25) is 0 Å². The van der Waals surface area contributed by atoms with Gasteiger partial charge in [0.15, 0.2) is 15.0 Å². The number of ether oxygens (including phenoxy) is 1. The first-order valence-corrected chi connectivity index (χ1v) is 9.60. The molecule has 7 heteroatoms. The average Bonchev–Trinajstić information content (AvgIpc) is 2.98. The second kappa shape index (κ2) is 5.81. The van der Waals surface area contributed by atoms with E-state index in [1.807, 2.05) is 25.1 Å². The fourth-order valence-electron chi connectivity index (χ4n) is 2.53. The third-order valence-corrected chi connectivity index (χ3v) is 6.87. The number of anilines is 1. The number of rotatable bonds is 5. The number of sulfone groups is 1. The predicted molar refractivity (Wildman–Crippen MR) is 86.1 cm³/mol. The van der Waals surface area contributed by atoms with Crippen LogP contribution in [-0.2, 0) is 9.84 Å². The number of hydrogen-bond acceptors (Lipinski definition) is 6. The normalized spacial score (nSPS) is 20.7. The molecule has 2 heterocycles. The molecule has 0 aliphatic carbocycles. The summed E-state index contributed by atoms with van der Waals surface area (Å²) in [5, 5.41) is 3.66. The van der Waals surface area contributed by atoms with Crippen molar-refractivity contribution in [1.82, 2.24) is 4.98 Å².